The molecule has 0 aromatic carbocycles. The minimum Gasteiger partial charge on any atom is -0.447 e. The van der Waals surface area contributed by atoms with E-state index in [0.29, 0.717) is 26.2 Å². The normalized spacial score (nSPS) is 19.0. The number of nitrogens with zero attached hydrogens (tertiary/aromatic N) is 3. The number of likely N-dealkylation sites (tertiary alicyclic amines) is 1. The molecule has 8 nitrogen and oxygen atoms in total. The number of rotatable bonds is 6. The number of hydrogen-bond acceptors (Lipinski definition) is 8. The lowest BCUT2D eigenvalue weighted by atomic mass is 10.1. The average molecular weight is 482 g/mol. The number of amides is 2. The van der Waals surface area contributed by atoms with Gasteiger partial charge >= 0.3 is 12.3 Å². The maximum absolute atomic E-state index is 13.2. The van der Waals surface area contributed by atoms with Crippen molar-refractivity contribution in [3.63, 3.8) is 0 Å². The molecular formula is C17H18F4N4O4S2. The number of alkyl halides is 4. The van der Waals surface area contributed by atoms with Crippen LogP contribution in [0.15, 0.2) is 5.38 Å². The Balaban J connectivity index is 1.75. The molecule has 1 aliphatic heterocycles. The summed E-state index contributed by atoms with van der Waals surface area (Å²) in [6.07, 6.45) is -6.41. The van der Waals surface area contributed by atoms with Crippen LogP contribution in [-0.4, -0.2) is 64.0 Å². The molecule has 0 radical (unpaired) electrons. The summed E-state index contributed by atoms with van der Waals surface area (Å²) in [5.41, 5.74) is 1.14. The largest absolute Gasteiger partial charge is 0.447 e. The van der Waals surface area contributed by atoms with Crippen molar-refractivity contribution in [2.75, 3.05) is 25.1 Å². The number of aromatic nitrogens is 2. The Kier molecular flexibility index (Phi) is 7.11. The van der Waals surface area contributed by atoms with Crippen LogP contribution in [0.3, 0.4) is 0 Å². The fourth-order valence-corrected chi connectivity index (χ4v) is 4.78. The Hall–Kier alpha value is -2.32. The lowest BCUT2D eigenvalue weighted by Crippen LogP contribution is -2.43. The second-order valence-corrected chi connectivity index (χ2v) is 8.59. The fraction of sp³-hybridized carbons (Fsp3) is 0.529. The highest BCUT2D eigenvalue weighted by molar-refractivity contribution is 7.17. The summed E-state index contributed by atoms with van der Waals surface area (Å²) in [5.74, 6) is -2.74. The van der Waals surface area contributed by atoms with E-state index in [2.05, 4.69) is 20.0 Å². The molecule has 2 atom stereocenters. The predicted octanol–water partition coefficient (Wildman–Crippen LogP) is 3.36. The molecule has 2 amide bonds. The average Bonchev–Trinajstić information content (AvgIpc) is 3.43. The van der Waals surface area contributed by atoms with Crippen LogP contribution in [0.2, 0.25) is 0 Å². The Morgan fingerprint density at radius 1 is 1.39 bits per heavy atom. The van der Waals surface area contributed by atoms with Gasteiger partial charge in [0.15, 0.2) is 5.13 Å². The summed E-state index contributed by atoms with van der Waals surface area (Å²) >= 11 is 2.28. The van der Waals surface area contributed by atoms with E-state index in [0.717, 1.165) is 11.3 Å². The molecule has 3 rings (SSSR count). The minimum absolute atomic E-state index is 0.130. The first-order chi connectivity index (χ1) is 14.6. The minimum atomic E-state index is -4.60. The van der Waals surface area contributed by atoms with Crippen LogP contribution in [0.25, 0.3) is 10.6 Å². The van der Waals surface area contributed by atoms with Crippen LogP contribution < -0.4 is 5.32 Å². The smallest absolute Gasteiger partial charge is 0.410 e. The Morgan fingerprint density at radius 3 is 2.74 bits per heavy atom. The molecule has 1 saturated heterocycles. The van der Waals surface area contributed by atoms with Crippen molar-refractivity contribution in [2.24, 2.45) is 5.92 Å². The van der Waals surface area contributed by atoms with Crippen molar-refractivity contribution in [1.82, 2.24) is 14.9 Å². The first-order valence-corrected chi connectivity index (χ1v) is 10.7. The van der Waals surface area contributed by atoms with Gasteiger partial charge in [-0.15, -0.1) is 22.7 Å². The van der Waals surface area contributed by atoms with E-state index in [1.165, 1.54) is 11.3 Å². The van der Waals surface area contributed by atoms with Crippen LogP contribution >= 0.6 is 22.7 Å². The topological polar surface area (TPSA) is 105 Å². The molecule has 2 aromatic rings. The fourth-order valence-electron chi connectivity index (χ4n) is 3.11. The van der Waals surface area contributed by atoms with Gasteiger partial charge in [-0.3, -0.25) is 9.69 Å². The third kappa shape index (κ3) is 5.30. The van der Waals surface area contributed by atoms with Crippen LogP contribution in [-0.2, 0) is 16.1 Å². The molecule has 1 unspecified atom stereocenters. The van der Waals surface area contributed by atoms with Crippen molar-refractivity contribution in [3.8, 4) is 10.6 Å². The molecule has 0 spiro atoms. The summed E-state index contributed by atoms with van der Waals surface area (Å²) in [5, 5.41) is 13.9. The van der Waals surface area contributed by atoms with Crippen LogP contribution in [0, 0.1) is 12.8 Å². The summed E-state index contributed by atoms with van der Waals surface area (Å²) in [6.45, 7) is -0.842. The van der Waals surface area contributed by atoms with E-state index in [4.69, 9.17) is 0 Å². The summed E-state index contributed by atoms with van der Waals surface area (Å²) < 4.78 is 56.4. The Bertz CT molecular complexity index is 949. The maximum atomic E-state index is 13.2. The highest BCUT2D eigenvalue weighted by atomic mass is 32.1. The SMILES string of the molecule is Cc1nc(CO)sc1-c1csc(NC(=O)C2C[C@H](C(F)(F)F)CN2C(=O)OCCF)n1. The molecule has 2 N–H and O–H groups in total. The first kappa shape index (κ1) is 23.3. The number of ether oxygens (including phenoxy) is 1. The third-order valence-electron chi connectivity index (χ3n) is 4.55. The van der Waals surface area contributed by atoms with E-state index < -0.39 is 56.4 Å². The Morgan fingerprint density at radius 2 is 2.13 bits per heavy atom. The molecule has 170 valence electrons. The number of carbonyl (C=O) groups is 2. The maximum Gasteiger partial charge on any atom is 0.410 e. The zero-order valence-electron chi connectivity index (χ0n) is 16.1. The molecular weight excluding hydrogens is 464 g/mol. The van der Waals surface area contributed by atoms with Gasteiger partial charge in [0.05, 0.1) is 28.8 Å². The monoisotopic (exact) mass is 482 g/mol. The van der Waals surface area contributed by atoms with E-state index in [1.54, 1.807) is 12.3 Å². The number of aryl methyl sites for hydroxylation is 1. The van der Waals surface area contributed by atoms with Gasteiger partial charge in [0.25, 0.3) is 0 Å². The quantitative estimate of drug-likeness (QED) is 0.612. The lowest BCUT2D eigenvalue weighted by molar-refractivity contribution is -0.170. The summed E-state index contributed by atoms with van der Waals surface area (Å²) in [6, 6.07) is -1.43. The highest BCUT2D eigenvalue weighted by Crippen LogP contribution is 2.38. The van der Waals surface area contributed by atoms with Gasteiger partial charge in [-0.25, -0.2) is 19.2 Å². The molecule has 0 aliphatic carbocycles. The van der Waals surface area contributed by atoms with E-state index in [9.17, 15) is 32.3 Å². The van der Waals surface area contributed by atoms with Crippen LogP contribution in [0.4, 0.5) is 27.5 Å². The number of nitrogens with one attached hydrogen (secondary N) is 1. The number of halogens is 4. The number of aliphatic hydroxyl groups is 1. The number of aliphatic hydroxyl groups excluding tert-OH is 1. The van der Waals surface area contributed by atoms with Gasteiger partial charge < -0.3 is 15.2 Å². The third-order valence-corrected chi connectivity index (χ3v) is 6.47. The van der Waals surface area contributed by atoms with Gasteiger partial charge in [-0.05, 0) is 13.3 Å². The van der Waals surface area contributed by atoms with Crippen molar-refractivity contribution in [1.29, 1.82) is 0 Å². The molecule has 1 fully saturated rings. The molecule has 0 bridgehead atoms. The molecule has 14 heteroatoms. The van der Waals surface area contributed by atoms with E-state index in [1.807, 2.05) is 0 Å². The standard InChI is InChI=1S/C17H18F4N4O4S2/c1-8-13(31-12(6-26)22-8)10-7-30-15(23-10)24-14(27)11-4-9(17(19,20)21)5-25(11)16(28)29-3-2-18/h7,9,11,26H,2-6H2,1H3,(H,23,24,27)/t9-,11?/m0/s1. The Labute approximate surface area is 181 Å². The molecule has 2 aromatic heterocycles. The number of hydrogen-bond donors (Lipinski definition) is 2. The lowest BCUT2D eigenvalue weighted by Gasteiger charge is -2.22. The molecule has 31 heavy (non-hydrogen) atoms. The van der Waals surface area contributed by atoms with E-state index in [-0.39, 0.29) is 11.7 Å². The zero-order valence-corrected chi connectivity index (χ0v) is 17.7. The van der Waals surface area contributed by atoms with Crippen LogP contribution in [0.5, 0.6) is 0 Å². The zero-order chi connectivity index (χ0) is 22.8. The van der Waals surface area contributed by atoms with E-state index >= 15 is 0 Å². The predicted molar refractivity (Wildman–Crippen MR) is 104 cm³/mol. The molecule has 1 aliphatic rings. The summed E-state index contributed by atoms with van der Waals surface area (Å²) in [7, 11) is 0. The number of carbonyl (C=O) groups excluding carboxylic acids is 2. The van der Waals surface area contributed by atoms with Gasteiger partial charge in [0, 0.05) is 11.9 Å². The van der Waals surface area contributed by atoms with Gasteiger partial charge in [0.2, 0.25) is 5.91 Å². The number of thiazole rings is 2. The second-order valence-electron chi connectivity index (χ2n) is 6.65. The van der Waals surface area contributed by atoms with Crippen molar-refractivity contribution in [2.45, 2.75) is 32.2 Å². The van der Waals surface area contributed by atoms with Crippen molar-refractivity contribution in [3.05, 3.63) is 16.1 Å². The number of anilines is 1. The molecule has 3 heterocycles. The van der Waals surface area contributed by atoms with Gasteiger partial charge in [-0.2, -0.15) is 13.2 Å². The van der Waals surface area contributed by atoms with Gasteiger partial charge in [-0.1, -0.05) is 0 Å². The molecule has 0 saturated carbocycles. The first-order valence-electron chi connectivity index (χ1n) is 9.04. The van der Waals surface area contributed by atoms with Crippen molar-refractivity contribution >= 4 is 39.8 Å². The van der Waals surface area contributed by atoms with Crippen molar-refractivity contribution < 1.29 is 37.0 Å². The van der Waals surface area contributed by atoms with Crippen LogP contribution in [0.1, 0.15) is 17.1 Å². The highest BCUT2D eigenvalue weighted by Gasteiger charge is 2.51. The van der Waals surface area contributed by atoms with Gasteiger partial charge in [0.1, 0.15) is 24.3 Å². The second kappa shape index (κ2) is 9.44. The summed E-state index contributed by atoms with van der Waals surface area (Å²) in [4.78, 5) is 34.5.